The minimum absolute atomic E-state index is 0.0452. The summed E-state index contributed by atoms with van der Waals surface area (Å²) in [6.45, 7) is 3.45. The van der Waals surface area contributed by atoms with Gasteiger partial charge in [0, 0.05) is 30.7 Å². The van der Waals surface area contributed by atoms with Gasteiger partial charge in [-0.15, -0.1) is 0 Å². The molecule has 33 heavy (non-hydrogen) atoms. The number of nitrogens with one attached hydrogen (secondary N) is 1. The summed E-state index contributed by atoms with van der Waals surface area (Å²) in [5.41, 5.74) is 1.18. The Kier molecular flexibility index (Phi) is 8.47. The van der Waals surface area contributed by atoms with Crippen molar-refractivity contribution >= 4 is 44.8 Å². The molecule has 1 saturated heterocycles. The number of ether oxygens (including phenoxy) is 2. The summed E-state index contributed by atoms with van der Waals surface area (Å²) in [5.74, 6) is 0.895. The highest BCUT2D eigenvalue weighted by molar-refractivity contribution is 7.89. The molecule has 1 fully saturated rings. The third kappa shape index (κ3) is 6.10. The summed E-state index contributed by atoms with van der Waals surface area (Å²) in [4.78, 5) is 14.6. The molecule has 1 aliphatic heterocycles. The van der Waals surface area contributed by atoms with E-state index in [0.29, 0.717) is 53.8 Å². The van der Waals surface area contributed by atoms with Gasteiger partial charge >= 0.3 is 0 Å². The van der Waals surface area contributed by atoms with Crippen LogP contribution in [0.25, 0.3) is 0 Å². The molecule has 2 aromatic carbocycles. The highest BCUT2D eigenvalue weighted by atomic mass is 35.5. The van der Waals surface area contributed by atoms with Crippen LogP contribution < -0.4 is 14.8 Å². The van der Waals surface area contributed by atoms with Crippen LogP contribution in [0.5, 0.6) is 11.5 Å². The molecule has 8 nitrogen and oxygen atoms in total. The Morgan fingerprint density at radius 1 is 1.03 bits per heavy atom. The average molecular weight is 516 g/mol. The summed E-state index contributed by atoms with van der Waals surface area (Å²) in [7, 11) is -0.714. The van der Waals surface area contributed by atoms with Crippen LogP contribution in [0.1, 0.15) is 12.0 Å². The van der Waals surface area contributed by atoms with Crippen molar-refractivity contribution in [3.05, 3.63) is 45.9 Å². The van der Waals surface area contributed by atoms with Gasteiger partial charge in [-0.2, -0.15) is 4.31 Å². The summed E-state index contributed by atoms with van der Waals surface area (Å²) in [5, 5.41) is 3.36. The fraction of sp³-hybridized carbons (Fsp3) is 0.409. The number of halogens is 2. The topological polar surface area (TPSA) is 88.2 Å². The van der Waals surface area contributed by atoms with E-state index in [-0.39, 0.29) is 28.9 Å². The molecule has 0 aliphatic carbocycles. The van der Waals surface area contributed by atoms with Crippen molar-refractivity contribution < 1.29 is 22.7 Å². The van der Waals surface area contributed by atoms with E-state index < -0.39 is 10.0 Å². The lowest BCUT2D eigenvalue weighted by Crippen LogP contribution is -2.38. The van der Waals surface area contributed by atoms with E-state index in [1.54, 1.807) is 32.2 Å². The second kappa shape index (κ2) is 10.9. The largest absolute Gasteiger partial charge is 0.497 e. The first-order valence-electron chi connectivity index (χ1n) is 10.4. The number of hydrogen-bond donors (Lipinski definition) is 1. The lowest BCUT2D eigenvalue weighted by atomic mass is 10.2. The first-order chi connectivity index (χ1) is 15.6. The molecular weight excluding hydrogens is 489 g/mol. The van der Waals surface area contributed by atoms with Crippen LogP contribution in [0.15, 0.2) is 35.2 Å². The summed E-state index contributed by atoms with van der Waals surface area (Å²) < 4.78 is 38.3. The van der Waals surface area contributed by atoms with Gasteiger partial charge in [-0.25, -0.2) is 8.42 Å². The van der Waals surface area contributed by atoms with Crippen molar-refractivity contribution in [1.29, 1.82) is 0 Å². The van der Waals surface area contributed by atoms with Gasteiger partial charge in [0.05, 0.1) is 31.5 Å². The molecule has 0 radical (unpaired) electrons. The van der Waals surface area contributed by atoms with E-state index in [1.165, 1.54) is 23.5 Å². The van der Waals surface area contributed by atoms with Crippen LogP contribution in [0.3, 0.4) is 0 Å². The Morgan fingerprint density at radius 2 is 1.79 bits per heavy atom. The highest BCUT2D eigenvalue weighted by Crippen LogP contribution is 2.31. The Bertz CT molecular complexity index is 1130. The molecule has 3 rings (SSSR count). The van der Waals surface area contributed by atoms with E-state index in [9.17, 15) is 13.2 Å². The maximum atomic E-state index is 13.2. The maximum Gasteiger partial charge on any atom is 0.244 e. The van der Waals surface area contributed by atoms with Gasteiger partial charge in [0.2, 0.25) is 15.9 Å². The number of rotatable bonds is 7. The number of carbonyl (C=O) groups is 1. The van der Waals surface area contributed by atoms with Crippen LogP contribution in [-0.2, 0) is 14.8 Å². The lowest BCUT2D eigenvalue weighted by molar-refractivity contribution is -0.117. The number of amides is 1. The number of nitrogens with zero attached hydrogens (tertiary/aromatic N) is 2. The minimum atomic E-state index is -3.78. The number of carbonyl (C=O) groups excluding carboxylic acids is 1. The Labute approximate surface area is 204 Å². The van der Waals surface area contributed by atoms with Crippen LogP contribution in [-0.4, -0.2) is 70.5 Å². The predicted octanol–water partition coefficient (Wildman–Crippen LogP) is 3.65. The van der Waals surface area contributed by atoms with Crippen LogP contribution in [0.4, 0.5) is 5.69 Å². The van der Waals surface area contributed by atoms with Gasteiger partial charge in [0.1, 0.15) is 16.4 Å². The SMILES string of the molecule is COc1ccc(NC(=O)CN2CCCN(S(=O)(=O)c3cc(C)c(Cl)cc3Cl)CC2)c(OC)c1. The molecule has 0 atom stereocenters. The van der Waals surface area contributed by atoms with E-state index in [4.69, 9.17) is 32.7 Å². The Morgan fingerprint density at radius 3 is 2.48 bits per heavy atom. The van der Waals surface area contributed by atoms with Crippen molar-refractivity contribution in [2.45, 2.75) is 18.2 Å². The molecule has 11 heteroatoms. The molecule has 0 bridgehead atoms. The number of sulfonamides is 1. The summed E-state index contributed by atoms with van der Waals surface area (Å²) >= 11 is 12.2. The number of aryl methyl sites for hydroxylation is 1. The molecule has 2 aromatic rings. The number of anilines is 1. The second-order valence-electron chi connectivity index (χ2n) is 7.68. The zero-order chi connectivity index (χ0) is 24.2. The van der Waals surface area contributed by atoms with Crippen molar-refractivity contribution in [3.63, 3.8) is 0 Å². The number of benzene rings is 2. The van der Waals surface area contributed by atoms with Crippen molar-refractivity contribution in [2.75, 3.05) is 52.3 Å². The Balaban J connectivity index is 1.64. The molecule has 0 unspecified atom stereocenters. The number of hydrogen-bond acceptors (Lipinski definition) is 6. The average Bonchev–Trinajstić information content (AvgIpc) is 3.02. The molecule has 0 saturated carbocycles. The standard InChI is InChI=1S/C22H27Cl2N3O5S/c1-15-11-21(18(24)13-17(15)23)33(29,30)27-8-4-7-26(9-10-27)14-22(28)25-19-6-5-16(31-2)12-20(19)32-3/h5-6,11-13H,4,7-10,14H2,1-3H3,(H,25,28). The fourth-order valence-corrected chi connectivity index (χ4v) is 5.88. The summed E-state index contributed by atoms with van der Waals surface area (Å²) in [6, 6.07) is 8.08. The molecule has 180 valence electrons. The second-order valence-corrected chi connectivity index (χ2v) is 10.4. The van der Waals surface area contributed by atoms with E-state index in [1.807, 2.05) is 4.90 Å². The third-order valence-corrected chi connectivity index (χ3v) is 8.20. The monoisotopic (exact) mass is 515 g/mol. The molecule has 0 aromatic heterocycles. The molecule has 1 N–H and O–H groups in total. The molecule has 1 amide bonds. The molecule has 1 aliphatic rings. The van der Waals surface area contributed by atoms with Gasteiger partial charge in [0.25, 0.3) is 0 Å². The van der Waals surface area contributed by atoms with Gasteiger partial charge in [-0.1, -0.05) is 23.2 Å². The van der Waals surface area contributed by atoms with Crippen molar-refractivity contribution in [1.82, 2.24) is 9.21 Å². The van der Waals surface area contributed by atoms with Crippen LogP contribution in [0.2, 0.25) is 10.0 Å². The van der Waals surface area contributed by atoms with Crippen LogP contribution >= 0.6 is 23.2 Å². The zero-order valence-corrected chi connectivity index (χ0v) is 21.1. The van der Waals surface area contributed by atoms with Crippen LogP contribution in [0, 0.1) is 6.92 Å². The molecule has 0 spiro atoms. The number of methoxy groups -OCH3 is 2. The minimum Gasteiger partial charge on any atom is -0.497 e. The smallest absolute Gasteiger partial charge is 0.244 e. The van der Waals surface area contributed by atoms with E-state index >= 15 is 0 Å². The van der Waals surface area contributed by atoms with Crippen molar-refractivity contribution in [2.24, 2.45) is 0 Å². The molecular formula is C22H27Cl2N3O5S. The lowest BCUT2D eigenvalue weighted by Gasteiger charge is -2.22. The third-order valence-electron chi connectivity index (χ3n) is 5.43. The van der Waals surface area contributed by atoms with Gasteiger partial charge in [-0.05, 0) is 49.7 Å². The van der Waals surface area contributed by atoms with Crippen molar-refractivity contribution in [3.8, 4) is 11.5 Å². The van der Waals surface area contributed by atoms with Gasteiger partial charge in [0.15, 0.2) is 0 Å². The first kappa shape index (κ1) is 25.6. The first-order valence-corrected chi connectivity index (χ1v) is 12.6. The van der Waals surface area contributed by atoms with E-state index in [2.05, 4.69) is 5.32 Å². The Hall–Kier alpha value is -2.04. The fourth-order valence-electron chi connectivity index (χ4n) is 3.61. The normalized spacial score (nSPS) is 15.7. The van der Waals surface area contributed by atoms with Gasteiger partial charge in [-0.3, -0.25) is 9.69 Å². The summed E-state index contributed by atoms with van der Waals surface area (Å²) in [6.07, 6.45) is 0.586. The van der Waals surface area contributed by atoms with Gasteiger partial charge < -0.3 is 14.8 Å². The highest BCUT2D eigenvalue weighted by Gasteiger charge is 2.29. The maximum absolute atomic E-state index is 13.2. The zero-order valence-electron chi connectivity index (χ0n) is 18.7. The quantitative estimate of drug-likeness (QED) is 0.605. The molecule has 1 heterocycles. The predicted molar refractivity (Wildman–Crippen MR) is 129 cm³/mol. The van der Waals surface area contributed by atoms with E-state index in [0.717, 1.165) is 0 Å².